The maximum atomic E-state index is 9.10. The van der Waals surface area contributed by atoms with E-state index in [9.17, 15) is 0 Å². The Labute approximate surface area is 97.8 Å². The Kier molecular flexibility index (Phi) is 2.12. The fourth-order valence-electron chi connectivity index (χ4n) is 2.27. The number of fused-ring (bicyclic) bond motifs is 1. The SMILES string of the molecule is C=C1[C@H](CO)C[C@@H]1n1cnc2c(N)ncnc21. The summed E-state index contributed by atoms with van der Waals surface area (Å²) in [5, 5.41) is 9.10. The van der Waals surface area contributed by atoms with Crippen LogP contribution < -0.4 is 5.73 Å². The van der Waals surface area contributed by atoms with Gasteiger partial charge in [-0.3, -0.25) is 0 Å². The molecule has 0 bridgehead atoms. The molecule has 6 nitrogen and oxygen atoms in total. The van der Waals surface area contributed by atoms with Crippen molar-refractivity contribution in [1.29, 1.82) is 0 Å². The third-order valence-electron chi connectivity index (χ3n) is 3.40. The topological polar surface area (TPSA) is 89.8 Å². The highest BCUT2D eigenvalue weighted by molar-refractivity contribution is 5.81. The third-order valence-corrected chi connectivity index (χ3v) is 3.40. The van der Waals surface area contributed by atoms with Gasteiger partial charge < -0.3 is 15.4 Å². The van der Waals surface area contributed by atoms with Crippen molar-refractivity contribution in [3.8, 4) is 0 Å². The molecule has 88 valence electrons. The van der Waals surface area contributed by atoms with Gasteiger partial charge in [0.2, 0.25) is 0 Å². The highest BCUT2D eigenvalue weighted by Crippen LogP contribution is 2.43. The van der Waals surface area contributed by atoms with Crippen LogP contribution in [0.2, 0.25) is 0 Å². The average Bonchev–Trinajstić information content (AvgIpc) is 2.73. The molecule has 1 aliphatic rings. The van der Waals surface area contributed by atoms with Crippen LogP contribution in [0.15, 0.2) is 24.8 Å². The zero-order chi connectivity index (χ0) is 12.0. The van der Waals surface area contributed by atoms with Gasteiger partial charge in [-0.2, -0.15) is 0 Å². The van der Waals surface area contributed by atoms with E-state index < -0.39 is 0 Å². The predicted molar refractivity (Wildman–Crippen MR) is 63.1 cm³/mol. The van der Waals surface area contributed by atoms with Crippen LogP contribution in [0.5, 0.6) is 0 Å². The summed E-state index contributed by atoms with van der Waals surface area (Å²) in [6.45, 7) is 4.15. The number of anilines is 1. The van der Waals surface area contributed by atoms with Crippen molar-refractivity contribution in [1.82, 2.24) is 19.5 Å². The molecule has 2 heterocycles. The van der Waals surface area contributed by atoms with E-state index in [2.05, 4.69) is 21.5 Å². The van der Waals surface area contributed by atoms with Crippen LogP contribution in [-0.4, -0.2) is 31.2 Å². The van der Waals surface area contributed by atoms with Crippen LogP contribution in [-0.2, 0) is 0 Å². The van der Waals surface area contributed by atoms with E-state index in [1.54, 1.807) is 6.33 Å². The maximum Gasteiger partial charge on any atom is 0.165 e. The van der Waals surface area contributed by atoms with Gasteiger partial charge >= 0.3 is 0 Å². The zero-order valence-electron chi connectivity index (χ0n) is 9.24. The first kappa shape index (κ1) is 10.2. The van der Waals surface area contributed by atoms with Gasteiger partial charge in [0.25, 0.3) is 0 Å². The molecule has 1 fully saturated rings. The molecule has 6 heteroatoms. The van der Waals surface area contributed by atoms with Crippen LogP contribution in [0, 0.1) is 5.92 Å². The summed E-state index contributed by atoms with van der Waals surface area (Å²) in [5.41, 5.74) is 8.09. The second-order valence-electron chi connectivity index (χ2n) is 4.29. The lowest BCUT2D eigenvalue weighted by Crippen LogP contribution is -2.31. The van der Waals surface area contributed by atoms with Gasteiger partial charge in [0, 0.05) is 12.5 Å². The summed E-state index contributed by atoms with van der Waals surface area (Å²) < 4.78 is 1.95. The van der Waals surface area contributed by atoms with E-state index >= 15 is 0 Å². The minimum Gasteiger partial charge on any atom is -0.396 e. The molecule has 0 saturated heterocycles. The molecule has 0 amide bonds. The van der Waals surface area contributed by atoms with Crippen LogP contribution in [0.3, 0.4) is 0 Å². The van der Waals surface area contributed by atoms with Gasteiger partial charge in [-0.05, 0) is 12.0 Å². The first-order valence-corrected chi connectivity index (χ1v) is 5.45. The Morgan fingerprint density at radius 3 is 3.00 bits per heavy atom. The summed E-state index contributed by atoms with van der Waals surface area (Å²) in [7, 11) is 0. The third kappa shape index (κ3) is 1.34. The number of aliphatic hydroxyl groups is 1. The number of imidazole rings is 1. The van der Waals surface area contributed by atoms with E-state index in [-0.39, 0.29) is 18.6 Å². The molecule has 0 spiro atoms. The predicted octanol–water partition coefficient (Wildman–Crippen LogP) is 0.518. The van der Waals surface area contributed by atoms with Crippen molar-refractivity contribution in [3.05, 3.63) is 24.8 Å². The van der Waals surface area contributed by atoms with Crippen molar-refractivity contribution in [2.24, 2.45) is 5.92 Å². The number of hydrogen-bond donors (Lipinski definition) is 2. The Morgan fingerprint density at radius 2 is 2.29 bits per heavy atom. The Hall–Kier alpha value is -1.95. The summed E-state index contributed by atoms with van der Waals surface area (Å²) in [4.78, 5) is 12.3. The molecular weight excluding hydrogens is 218 g/mol. The molecule has 1 saturated carbocycles. The number of nitrogens with two attached hydrogens (primary N) is 1. The molecule has 2 aromatic heterocycles. The number of aromatic nitrogens is 4. The van der Waals surface area contributed by atoms with E-state index in [1.165, 1.54) is 6.33 Å². The number of nitrogens with zero attached hydrogens (tertiary/aromatic N) is 4. The number of hydrogen-bond acceptors (Lipinski definition) is 5. The Morgan fingerprint density at radius 1 is 1.47 bits per heavy atom. The number of rotatable bonds is 2. The average molecular weight is 231 g/mol. The lowest BCUT2D eigenvalue weighted by Gasteiger charge is -2.38. The van der Waals surface area contributed by atoms with Gasteiger partial charge in [0.15, 0.2) is 11.5 Å². The molecule has 0 unspecified atom stereocenters. The summed E-state index contributed by atoms with van der Waals surface area (Å²) in [6, 6.07) is 0.159. The molecular formula is C11H13N5O. The molecule has 0 aromatic carbocycles. The second-order valence-corrected chi connectivity index (χ2v) is 4.29. The summed E-state index contributed by atoms with van der Waals surface area (Å²) >= 11 is 0. The van der Waals surface area contributed by atoms with Crippen LogP contribution in [0.4, 0.5) is 5.82 Å². The lowest BCUT2D eigenvalue weighted by atomic mass is 9.76. The monoisotopic (exact) mass is 231 g/mol. The van der Waals surface area contributed by atoms with Gasteiger partial charge in [0.05, 0.1) is 12.4 Å². The van der Waals surface area contributed by atoms with Crippen LogP contribution in [0.25, 0.3) is 11.2 Å². The number of aliphatic hydroxyl groups excluding tert-OH is 1. The number of nitrogen functional groups attached to an aromatic ring is 1. The molecule has 17 heavy (non-hydrogen) atoms. The minimum absolute atomic E-state index is 0.152. The molecule has 2 aromatic rings. The van der Waals surface area contributed by atoms with Crippen molar-refractivity contribution in [2.75, 3.05) is 12.3 Å². The molecule has 3 N–H and O–H groups in total. The van der Waals surface area contributed by atoms with Gasteiger partial charge in [-0.25, -0.2) is 15.0 Å². The first-order chi connectivity index (χ1) is 8.22. The Bertz CT molecular complexity index is 591. The van der Waals surface area contributed by atoms with Crippen LogP contribution in [0.1, 0.15) is 12.5 Å². The standard InChI is InChI=1S/C11H13N5O/c1-6-7(3-17)2-8(6)16-5-15-9-10(12)13-4-14-11(9)16/h4-5,7-8,17H,1-3H2,(H2,12,13,14)/t7-,8-/m0/s1. The lowest BCUT2D eigenvalue weighted by molar-refractivity contribution is 0.180. The molecule has 3 rings (SSSR count). The second kappa shape index (κ2) is 3.53. The van der Waals surface area contributed by atoms with Crippen molar-refractivity contribution >= 4 is 17.0 Å². The molecule has 1 aliphatic carbocycles. The molecule has 0 radical (unpaired) electrons. The maximum absolute atomic E-state index is 9.10. The van der Waals surface area contributed by atoms with E-state index in [4.69, 9.17) is 10.8 Å². The molecule has 0 aliphatic heterocycles. The van der Waals surface area contributed by atoms with Gasteiger partial charge in [-0.15, -0.1) is 0 Å². The largest absolute Gasteiger partial charge is 0.396 e. The van der Waals surface area contributed by atoms with Crippen molar-refractivity contribution in [3.63, 3.8) is 0 Å². The van der Waals surface area contributed by atoms with Crippen molar-refractivity contribution < 1.29 is 5.11 Å². The highest BCUT2D eigenvalue weighted by atomic mass is 16.3. The van der Waals surface area contributed by atoms with E-state index in [0.717, 1.165) is 17.6 Å². The zero-order valence-corrected chi connectivity index (χ0v) is 9.24. The van der Waals surface area contributed by atoms with Crippen molar-refractivity contribution in [2.45, 2.75) is 12.5 Å². The Balaban J connectivity index is 2.03. The smallest absolute Gasteiger partial charge is 0.165 e. The molecule has 2 atom stereocenters. The van der Waals surface area contributed by atoms with Gasteiger partial charge in [-0.1, -0.05) is 6.58 Å². The summed E-state index contributed by atoms with van der Waals surface area (Å²) in [5.74, 6) is 0.578. The van der Waals surface area contributed by atoms with Crippen LogP contribution >= 0.6 is 0 Å². The van der Waals surface area contributed by atoms with Gasteiger partial charge in [0.1, 0.15) is 11.8 Å². The van der Waals surface area contributed by atoms with E-state index in [0.29, 0.717) is 11.3 Å². The highest BCUT2D eigenvalue weighted by Gasteiger charge is 2.35. The fraction of sp³-hybridized carbons (Fsp3) is 0.364. The minimum atomic E-state index is 0.152. The first-order valence-electron chi connectivity index (χ1n) is 5.45. The van der Waals surface area contributed by atoms with E-state index in [1.807, 2.05) is 4.57 Å². The summed E-state index contributed by atoms with van der Waals surface area (Å²) in [6.07, 6.45) is 4.00. The quantitative estimate of drug-likeness (QED) is 0.735. The fourth-order valence-corrected chi connectivity index (χ4v) is 2.27. The normalized spacial score (nSPS) is 23.9.